The minimum Gasteiger partial charge on any atom is -0.338 e. The van der Waals surface area contributed by atoms with Crippen molar-refractivity contribution in [1.29, 1.82) is 0 Å². The number of nitrogens with zero attached hydrogens (tertiary/aromatic N) is 1. The summed E-state index contributed by atoms with van der Waals surface area (Å²) < 4.78 is 26.7. The maximum atomic E-state index is 13.3. The minimum absolute atomic E-state index is 0.135. The van der Waals surface area contributed by atoms with Crippen molar-refractivity contribution in [2.24, 2.45) is 0 Å². The minimum atomic E-state index is -2.95. The van der Waals surface area contributed by atoms with E-state index >= 15 is 0 Å². The van der Waals surface area contributed by atoms with Crippen LogP contribution in [0.3, 0.4) is 0 Å². The summed E-state index contributed by atoms with van der Waals surface area (Å²) in [4.78, 5) is 35.5. The summed E-state index contributed by atoms with van der Waals surface area (Å²) in [6.07, 6.45) is 0. The quantitative estimate of drug-likeness (QED) is 0.274. The highest BCUT2D eigenvalue weighted by atomic mass is 19.3. The van der Waals surface area contributed by atoms with Crippen molar-refractivity contribution in [3.63, 3.8) is 0 Å². The molecule has 1 aromatic heterocycles. The van der Waals surface area contributed by atoms with E-state index in [4.69, 9.17) is 0 Å². The molecule has 0 saturated heterocycles. The first-order valence-electron chi connectivity index (χ1n) is 10.5. The molecule has 0 unspecified atom stereocenters. The van der Waals surface area contributed by atoms with Gasteiger partial charge in [0.25, 0.3) is 11.5 Å². The Kier molecular flexibility index (Phi) is 5.09. The summed E-state index contributed by atoms with van der Waals surface area (Å²) in [5.41, 5.74) is 3.65. The molecular formula is C25H19F2N5O2. The molecule has 0 radical (unpaired) electrons. The molecule has 2 aliphatic rings. The highest BCUT2D eigenvalue weighted by molar-refractivity contribution is 6.01. The van der Waals surface area contributed by atoms with Crippen LogP contribution in [0, 0.1) is 0 Å². The molecule has 0 fully saturated rings. The van der Waals surface area contributed by atoms with E-state index in [1.807, 2.05) is 30.3 Å². The second kappa shape index (κ2) is 8.11. The van der Waals surface area contributed by atoms with E-state index in [-0.39, 0.29) is 11.1 Å². The summed E-state index contributed by atoms with van der Waals surface area (Å²) in [5, 5.41) is 5.31. The third-order valence-electron chi connectivity index (χ3n) is 5.41. The lowest BCUT2D eigenvalue weighted by atomic mass is 10.1. The van der Waals surface area contributed by atoms with Gasteiger partial charge in [0.2, 0.25) is 0 Å². The summed E-state index contributed by atoms with van der Waals surface area (Å²) >= 11 is 0. The number of nitrogens with one attached hydrogen (secondary N) is 4. The molecule has 0 atom stereocenters. The SMILES string of the molecule is CC(F)(F)c1ccc(NC(=O)Nc2ccc3nc(-c4c5cccccc-5[nH]c4=O)[nH]c3c2)cc1. The Morgan fingerprint density at radius 3 is 2.38 bits per heavy atom. The van der Waals surface area contributed by atoms with Crippen molar-refractivity contribution in [2.75, 3.05) is 10.6 Å². The van der Waals surface area contributed by atoms with Gasteiger partial charge in [-0.3, -0.25) is 4.79 Å². The van der Waals surface area contributed by atoms with Gasteiger partial charge in [0, 0.05) is 35.1 Å². The maximum Gasteiger partial charge on any atom is 0.323 e. The number of carbonyl (C=O) groups is 1. The number of alkyl halides is 2. The molecule has 0 spiro atoms. The first-order valence-corrected chi connectivity index (χ1v) is 10.5. The number of imidazole rings is 1. The van der Waals surface area contributed by atoms with Gasteiger partial charge >= 0.3 is 6.03 Å². The van der Waals surface area contributed by atoms with Gasteiger partial charge < -0.3 is 20.6 Å². The summed E-state index contributed by atoms with van der Waals surface area (Å²) in [5.74, 6) is -2.53. The van der Waals surface area contributed by atoms with Crippen molar-refractivity contribution in [2.45, 2.75) is 12.8 Å². The molecule has 4 N–H and O–H groups in total. The Balaban J connectivity index is 1.36. The highest BCUT2D eigenvalue weighted by Crippen LogP contribution is 2.30. The van der Waals surface area contributed by atoms with Crippen LogP contribution in [-0.4, -0.2) is 21.0 Å². The number of rotatable bonds is 4. The van der Waals surface area contributed by atoms with Crippen molar-refractivity contribution < 1.29 is 13.6 Å². The summed E-state index contributed by atoms with van der Waals surface area (Å²) in [6, 6.07) is 19.2. The lowest BCUT2D eigenvalue weighted by molar-refractivity contribution is 0.0175. The van der Waals surface area contributed by atoms with Crippen LogP contribution in [0.1, 0.15) is 12.5 Å². The molecular weight excluding hydrogens is 440 g/mol. The van der Waals surface area contributed by atoms with Crippen LogP contribution in [0.5, 0.6) is 0 Å². The van der Waals surface area contributed by atoms with Crippen LogP contribution in [0.25, 0.3) is 33.7 Å². The number of hydrogen-bond donors (Lipinski definition) is 4. The Morgan fingerprint density at radius 1 is 0.912 bits per heavy atom. The van der Waals surface area contributed by atoms with Crippen molar-refractivity contribution >= 4 is 28.4 Å². The molecule has 2 aromatic carbocycles. The number of H-pyrrole nitrogens is 2. The van der Waals surface area contributed by atoms with Crippen molar-refractivity contribution in [3.05, 3.63) is 88.7 Å². The fourth-order valence-corrected chi connectivity index (χ4v) is 3.76. The molecule has 0 saturated carbocycles. The lowest BCUT2D eigenvalue weighted by Crippen LogP contribution is -2.19. The van der Waals surface area contributed by atoms with Gasteiger partial charge in [-0.15, -0.1) is 0 Å². The standard InChI is InChI=1S/C25H19F2N5O2/c1-25(26,27)14-7-9-15(10-8-14)28-24(34)29-16-11-12-19-20(13-16)31-22(30-19)21-17-5-3-2-4-6-18(17)32-23(21)33/h2-13H,1H3,(H,30,31)(H,32,33)(H2,28,29,34). The summed E-state index contributed by atoms with van der Waals surface area (Å²) in [6.45, 7) is 0.815. The molecule has 0 bridgehead atoms. The van der Waals surface area contributed by atoms with E-state index in [0.717, 1.165) is 12.5 Å². The molecule has 7 nitrogen and oxygen atoms in total. The van der Waals surface area contributed by atoms with E-state index in [9.17, 15) is 18.4 Å². The third-order valence-corrected chi connectivity index (χ3v) is 5.41. The van der Waals surface area contributed by atoms with Gasteiger partial charge in [-0.25, -0.2) is 18.6 Å². The molecule has 9 heteroatoms. The number of benzene rings is 2. The topological polar surface area (TPSA) is 103 Å². The summed E-state index contributed by atoms with van der Waals surface area (Å²) in [7, 11) is 0. The average molecular weight is 459 g/mol. The number of amides is 2. The molecule has 34 heavy (non-hydrogen) atoms. The first kappa shape index (κ1) is 21.3. The van der Waals surface area contributed by atoms with Crippen LogP contribution in [0.15, 0.2) is 77.6 Å². The van der Waals surface area contributed by atoms with Gasteiger partial charge in [-0.2, -0.15) is 0 Å². The molecule has 5 rings (SSSR count). The molecule has 1 aliphatic carbocycles. The van der Waals surface area contributed by atoms with Gasteiger partial charge in [-0.1, -0.05) is 36.4 Å². The van der Waals surface area contributed by atoms with Crippen LogP contribution in [-0.2, 0) is 5.92 Å². The van der Waals surface area contributed by atoms with Gasteiger partial charge in [0.05, 0.1) is 16.6 Å². The van der Waals surface area contributed by atoms with Crippen LogP contribution >= 0.6 is 0 Å². The second-order valence-electron chi connectivity index (χ2n) is 7.93. The van der Waals surface area contributed by atoms with Gasteiger partial charge in [-0.05, 0) is 36.4 Å². The molecule has 170 valence electrons. The van der Waals surface area contributed by atoms with E-state index < -0.39 is 12.0 Å². The monoisotopic (exact) mass is 459 g/mol. The number of halogens is 2. The lowest BCUT2D eigenvalue weighted by Gasteiger charge is -2.12. The number of carbonyl (C=O) groups excluding carboxylic acids is 1. The van der Waals surface area contributed by atoms with Crippen LogP contribution in [0.2, 0.25) is 0 Å². The number of aromatic amines is 2. The maximum absolute atomic E-state index is 13.3. The predicted octanol–water partition coefficient (Wildman–Crippen LogP) is 5.78. The van der Waals surface area contributed by atoms with E-state index in [1.54, 1.807) is 18.2 Å². The second-order valence-corrected chi connectivity index (χ2v) is 7.93. The van der Waals surface area contributed by atoms with Gasteiger partial charge in [0.1, 0.15) is 5.82 Å². The molecule has 3 aromatic rings. The zero-order valence-electron chi connectivity index (χ0n) is 17.9. The highest BCUT2D eigenvalue weighted by Gasteiger charge is 2.23. The van der Waals surface area contributed by atoms with E-state index in [1.165, 1.54) is 24.3 Å². The largest absolute Gasteiger partial charge is 0.338 e. The van der Waals surface area contributed by atoms with Crippen LogP contribution < -0.4 is 16.2 Å². The Morgan fingerprint density at radius 2 is 1.62 bits per heavy atom. The predicted molar refractivity (Wildman–Crippen MR) is 127 cm³/mol. The third kappa shape index (κ3) is 4.11. The fourth-order valence-electron chi connectivity index (χ4n) is 3.76. The number of hydrogen-bond acceptors (Lipinski definition) is 3. The Hall–Kier alpha value is -4.53. The number of urea groups is 1. The molecule has 1 aliphatic heterocycles. The number of fused-ring (bicyclic) bond motifs is 2. The normalized spacial score (nSPS) is 11.6. The average Bonchev–Trinajstić information content (AvgIpc) is 3.24. The number of anilines is 2. The zero-order valence-corrected chi connectivity index (χ0v) is 17.9. The smallest absolute Gasteiger partial charge is 0.323 e. The van der Waals surface area contributed by atoms with Crippen LogP contribution in [0.4, 0.5) is 25.0 Å². The fraction of sp³-hybridized carbons (Fsp3) is 0.0800. The first-order chi connectivity index (χ1) is 16.3. The Bertz CT molecular complexity index is 1530. The Labute approximate surface area is 192 Å². The van der Waals surface area contributed by atoms with Crippen molar-refractivity contribution in [3.8, 4) is 22.6 Å². The van der Waals surface area contributed by atoms with E-state index in [0.29, 0.717) is 39.5 Å². The molecule has 2 amide bonds. The zero-order chi connectivity index (χ0) is 23.9. The van der Waals surface area contributed by atoms with Gasteiger partial charge in [0.15, 0.2) is 0 Å². The number of aromatic nitrogens is 3. The molecule has 2 heterocycles. The van der Waals surface area contributed by atoms with Crippen molar-refractivity contribution in [1.82, 2.24) is 15.0 Å². The van der Waals surface area contributed by atoms with E-state index in [2.05, 4.69) is 25.6 Å².